The molecule has 0 spiro atoms. The summed E-state index contributed by atoms with van der Waals surface area (Å²) in [6.07, 6.45) is 2.13. The van der Waals surface area contributed by atoms with Crippen LogP contribution in [0.25, 0.3) is 0 Å². The van der Waals surface area contributed by atoms with Gasteiger partial charge in [0.2, 0.25) is 5.91 Å². The molecule has 0 radical (unpaired) electrons. The smallest absolute Gasteiger partial charge is 0.234 e. The number of amides is 1. The molecule has 0 aromatic heterocycles. The zero-order chi connectivity index (χ0) is 15.2. The van der Waals surface area contributed by atoms with Crippen molar-refractivity contribution in [3.05, 3.63) is 0 Å². The topological polar surface area (TPSA) is 55.8 Å². The first-order valence-corrected chi connectivity index (χ1v) is 7.76. The Bertz CT molecular complexity index is 294. The van der Waals surface area contributed by atoms with Gasteiger partial charge in [0.25, 0.3) is 0 Å². The quantitative estimate of drug-likeness (QED) is 0.722. The van der Waals surface area contributed by atoms with E-state index in [-0.39, 0.29) is 11.9 Å². The van der Waals surface area contributed by atoms with E-state index in [4.69, 9.17) is 0 Å². The van der Waals surface area contributed by atoms with E-state index in [1.54, 1.807) is 0 Å². The monoisotopic (exact) mass is 285 g/mol. The molecule has 5 nitrogen and oxygen atoms in total. The standard InChI is InChI=1S/C15H31N3O2/c1-5-6-13(2)16-14(19)11-17-7-9-18(10-8-17)12-15(3,4)20/h13,20H,5-12H2,1-4H3,(H,16,19). The minimum atomic E-state index is -0.644. The Morgan fingerprint density at radius 2 is 1.80 bits per heavy atom. The van der Waals surface area contributed by atoms with E-state index in [2.05, 4.69) is 29.0 Å². The maximum atomic E-state index is 11.9. The molecule has 1 fully saturated rings. The van der Waals surface area contributed by atoms with Gasteiger partial charge in [-0.3, -0.25) is 14.6 Å². The molecule has 1 aliphatic heterocycles. The average Bonchev–Trinajstić information content (AvgIpc) is 2.30. The Hall–Kier alpha value is -0.650. The van der Waals surface area contributed by atoms with Gasteiger partial charge in [0, 0.05) is 38.8 Å². The Morgan fingerprint density at radius 3 is 2.30 bits per heavy atom. The van der Waals surface area contributed by atoms with Gasteiger partial charge in [0.05, 0.1) is 12.1 Å². The summed E-state index contributed by atoms with van der Waals surface area (Å²) in [6.45, 7) is 12.7. The molecule has 1 unspecified atom stereocenters. The highest BCUT2D eigenvalue weighted by Crippen LogP contribution is 2.08. The predicted octanol–water partition coefficient (Wildman–Crippen LogP) is 0.680. The van der Waals surface area contributed by atoms with Crippen molar-refractivity contribution in [2.24, 2.45) is 0 Å². The molecule has 1 saturated heterocycles. The lowest BCUT2D eigenvalue weighted by Gasteiger charge is -2.37. The van der Waals surface area contributed by atoms with Crippen LogP contribution in [0.4, 0.5) is 0 Å². The molecule has 1 atom stereocenters. The summed E-state index contributed by atoms with van der Waals surface area (Å²) >= 11 is 0. The van der Waals surface area contributed by atoms with E-state index in [0.717, 1.165) is 39.0 Å². The molecule has 1 amide bonds. The number of nitrogens with zero attached hydrogens (tertiary/aromatic N) is 2. The Balaban J connectivity index is 2.23. The zero-order valence-corrected chi connectivity index (χ0v) is 13.5. The minimum Gasteiger partial charge on any atom is -0.389 e. The number of β-amino-alcohol motifs (C(OH)–C–C–N with tert-alkyl or cyclic N) is 1. The molecular formula is C15H31N3O2. The highest BCUT2D eigenvalue weighted by atomic mass is 16.3. The van der Waals surface area contributed by atoms with Crippen LogP contribution in [-0.4, -0.2) is 71.7 Å². The van der Waals surface area contributed by atoms with Gasteiger partial charge in [-0.05, 0) is 27.2 Å². The fourth-order valence-electron chi connectivity index (χ4n) is 2.68. The van der Waals surface area contributed by atoms with E-state index in [9.17, 15) is 9.90 Å². The molecule has 1 aliphatic rings. The second-order valence-electron chi connectivity index (χ2n) is 6.62. The van der Waals surface area contributed by atoms with Crippen LogP contribution in [0.2, 0.25) is 0 Å². The fraction of sp³-hybridized carbons (Fsp3) is 0.933. The summed E-state index contributed by atoms with van der Waals surface area (Å²) in [5.41, 5.74) is -0.644. The first-order chi connectivity index (χ1) is 9.30. The first-order valence-electron chi connectivity index (χ1n) is 7.76. The Morgan fingerprint density at radius 1 is 1.25 bits per heavy atom. The molecule has 0 bridgehead atoms. The van der Waals surface area contributed by atoms with Crippen LogP contribution in [0.5, 0.6) is 0 Å². The Labute approximate surface area is 123 Å². The fourth-order valence-corrected chi connectivity index (χ4v) is 2.68. The minimum absolute atomic E-state index is 0.127. The van der Waals surface area contributed by atoms with Crippen molar-refractivity contribution in [1.29, 1.82) is 0 Å². The van der Waals surface area contributed by atoms with Crippen LogP contribution in [0.3, 0.4) is 0 Å². The number of piperazine rings is 1. The summed E-state index contributed by atoms with van der Waals surface area (Å²) in [7, 11) is 0. The lowest BCUT2D eigenvalue weighted by atomic mass is 10.1. The van der Waals surface area contributed by atoms with Gasteiger partial charge in [-0.15, -0.1) is 0 Å². The Kier molecular flexibility index (Phi) is 6.92. The number of carbonyl (C=O) groups excluding carboxylic acids is 1. The molecule has 20 heavy (non-hydrogen) atoms. The van der Waals surface area contributed by atoms with Gasteiger partial charge in [-0.25, -0.2) is 0 Å². The van der Waals surface area contributed by atoms with Crippen molar-refractivity contribution < 1.29 is 9.90 Å². The lowest BCUT2D eigenvalue weighted by Crippen LogP contribution is -2.52. The van der Waals surface area contributed by atoms with Crippen molar-refractivity contribution in [3.63, 3.8) is 0 Å². The van der Waals surface area contributed by atoms with Crippen LogP contribution in [0.1, 0.15) is 40.5 Å². The summed E-state index contributed by atoms with van der Waals surface area (Å²) < 4.78 is 0. The van der Waals surface area contributed by atoms with E-state index in [1.807, 2.05) is 13.8 Å². The van der Waals surface area contributed by atoms with Crippen LogP contribution in [0.15, 0.2) is 0 Å². The van der Waals surface area contributed by atoms with Crippen LogP contribution in [-0.2, 0) is 4.79 Å². The summed E-state index contributed by atoms with van der Waals surface area (Å²) in [5.74, 6) is 0.127. The number of carbonyl (C=O) groups is 1. The second-order valence-corrected chi connectivity index (χ2v) is 6.62. The molecule has 1 heterocycles. The number of hydrogen-bond donors (Lipinski definition) is 2. The van der Waals surface area contributed by atoms with Gasteiger partial charge in [0.15, 0.2) is 0 Å². The normalized spacial score (nSPS) is 19.9. The summed E-state index contributed by atoms with van der Waals surface area (Å²) in [6, 6.07) is 0.268. The molecular weight excluding hydrogens is 254 g/mol. The average molecular weight is 285 g/mol. The molecule has 5 heteroatoms. The number of rotatable bonds is 7. The van der Waals surface area contributed by atoms with Crippen LogP contribution < -0.4 is 5.32 Å². The van der Waals surface area contributed by atoms with Crippen molar-refractivity contribution in [2.45, 2.75) is 52.2 Å². The largest absolute Gasteiger partial charge is 0.389 e. The maximum Gasteiger partial charge on any atom is 0.234 e. The highest BCUT2D eigenvalue weighted by Gasteiger charge is 2.23. The summed E-state index contributed by atoms with van der Waals surface area (Å²) in [5, 5.41) is 12.9. The van der Waals surface area contributed by atoms with Crippen LogP contribution >= 0.6 is 0 Å². The third kappa shape index (κ3) is 7.22. The van der Waals surface area contributed by atoms with Crippen molar-refractivity contribution in [3.8, 4) is 0 Å². The first kappa shape index (κ1) is 17.4. The van der Waals surface area contributed by atoms with E-state index in [0.29, 0.717) is 13.1 Å². The number of nitrogens with one attached hydrogen (secondary N) is 1. The number of aliphatic hydroxyl groups is 1. The third-order valence-corrected chi connectivity index (χ3v) is 3.57. The van der Waals surface area contributed by atoms with Gasteiger partial charge in [-0.1, -0.05) is 13.3 Å². The van der Waals surface area contributed by atoms with E-state index in [1.165, 1.54) is 0 Å². The van der Waals surface area contributed by atoms with Gasteiger partial charge in [0.1, 0.15) is 0 Å². The molecule has 0 aromatic carbocycles. The number of hydrogen-bond acceptors (Lipinski definition) is 4. The van der Waals surface area contributed by atoms with Crippen LogP contribution in [0, 0.1) is 0 Å². The maximum absolute atomic E-state index is 11.9. The van der Waals surface area contributed by atoms with Crippen molar-refractivity contribution >= 4 is 5.91 Å². The van der Waals surface area contributed by atoms with Gasteiger partial charge >= 0.3 is 0 Å². The lowest BCUT2D eigenvalue weighted by molar-refractivity contribution is -0.123. The van der Waals surface area contributed by atoms with Crippen molar-refractivity contribution in [1.82, 2.24) is 15.1 Å². The molecule has 0 aliphatic carbocycles. The van der Waals surface area contributed by atoms with E-state index < -0.39 is 5.60 Å². The summed E-state index contributed by atoms with van der Waals surface area (Å²) in [4.78, 5) is 16.3. The van der Waals surface area contributed by atoms with Crippen molar-refractivity contribution in [2.75, 3.05) is 39.3 Å². The molecule has 118 valence electrons. The molecule has 2 N–H and O–H groups in total. The predicted molar refractivity (Wildman–Crippen MR) is 81.7 cm³/mol. The molecule has 0 saturated carbocycles. The third-order valence-electron chi connectivity index (χ3n) is 3.57. The molecule has 0 aromatic rings. The van der Waals surface area contributed by atoms with E-state index >= 15 is 0 Å². The highest BCUT2D eigenvalue weighted by molar-refractivity contribution is 5.78. The second kappa shape index (κ2) is 7.96. The SMILES string of the molecule is CCCC(C)NC(=O)CN1CCN(CC(C)(C)O)CC1. The van der Waals surface area contributed by atoms with Gasteiger partial charge < -0.3 is 10.4 Å². The zero-order valence-electron chi connectivity index (χ0n) is 13.5. The molecule has 1 rings (SSSR count). The van der Waals surface area contributed by atoms with Gasteiger partial charge in [-0.2, -0.15) is 0 Å².